The minimum Gasteiger partial charge on any atom is -0.330 e. The number of nitrogens with one attached hydrogen (secondary N) is 2. The molecule has 1 aromatic carbocycles. The quantitative estimate of drug-likeness (QED) is 0.410. The van der Waals surface area contributed by atoms with E-state index in [1.807, 2.05) is 30.3 Å². The number of benzene rings is 1. The molecule has 1 saturated heterocycles. The molecule has 1 aromatic heterocycles. The van der Waals surface area contributed by atoms with E-state index in [0.717, 1.165) is 37.4 Å². The fourth-order valence-electron chi connectivity index (χ4n) is 3.83. The summed E-state index contributed by atoms with van der Waals surface area (Å²) >= 11 is 0. The van der Waals surface area contributed by atoms with Crippen LogP contribution in [0.1, 0.15) is 44.6 Å². The second-order valence-electron chi connectivity index (χ2n) is 8.00. The Bertz CT molecular complexity index is 863. The highest BCUT2D eigenvalue weighted by Gasteiger charge is 2.37. The molecular formula is C24H31FN4O3. The monoisotopic (exact) mass is 442 g/mol. The first-order valence-electron chi connectivity index (χ1n) is 11.2. The number of carbonyl (C=O) groups excluding carboxylic acids is 2. The zero-order valence-corrected chi connectivity index (χ0v) is 18.4. The highest BCUT2D eigenvalue weighted by molar-refractivity contribution is 5.97. The maximum absolute atomic E-state index is 13.3. The van der Waals surface area contributed by atoms with Crippen molar-refractivity contribution in [1.29, 1.82) is 0 Å². The Hall–Kier alpha value is -2.84. The minimum absolute atomic E-state index is 0.0426. The average Bonchev–Trinajstić information content (AvgIpc) is 3.30. The summed E-state index contributed by atoms with van der Waals surface area (Å²) in [6.45, 7) is 3.43. The summed E-state index contributed by atoms with van der Waals surface area (Å²) in [5.74, 6) is -0.810. The number of unbranched alkanes of at least 4 members (excludes halogenated alkanes) is 1. The summed E-state index contributed by atoms with van der Waals surface area (Å²) in [6.07, 6.45) is 5.03. The molecule has 0 bridgehead atoms. The van der Waals surface area contributed by atoms with Gasteiger partial charge in [0.25, 0.3) is 0 Å². The topological polar surface area (TPSA) is 83.6 Å². The summed E-state index contributed by atoms with van der Waals surface area (Å²) < 4.78 is 13.1. The van der Waals surface area contributed by atoms with Crippen molar-refractivity contribution in [3.8, 4) is 0 Å². The van der Waals surface area contributed by atoms with Crippen molar-refractivity contribution >= 4 is 17.6 Å². The van der Waals surface area contributed by atoms with Gasteiger partial charge in [0.05, 0.1) is 18.7 Å². The maximum Gasteiger partial charge on any atom is 0.248 e. The lowest BCUT2D eigenvalue weighted by Crippen LogP contribution is -2.47. The van der Waals surface area contributed by atoms with Crippen molar-refractivity contribution in [3.63, 3.8) is 0 Å². The van der Waals surface area contributed by atoms with E-state index in [1.54, 1.807) is 4.90 Å². The molecule has 0 radical (unpaired) electrons. The van der Waals surface area contributed by atoms with Gasteiger partial charge in [-0.1, -0.05) is 50.1 Å². The van der Waals surface area contributed by atoms with E-state index >= 15 is 0 Å². The van der Waals surface area contributed by atoms with E-state index in [0.29, 0.717) is 26.1 Å². The number of carbonyl (C=O) groups is 2. The largest absolute Gasteiger partial charge is 0.330 e. The highest BCUT2D eigenvalue weighted by atomic mass is 19.1. The van der Waals surface area contributed by atoms with Crippen LogP contribution in [0.15, 0.2) is 48.7 Å². The molecule has 7 nitrogen and oxygen atoms in total. The van der Waals surface area contributed by atoms with Gasteiger partial charge in [0.15, 0.2) is 0 Å². The van der Waals surface area contributed by atoms with Crippen molar-refractivity contribution in [2.75, 3.05) is 18.4 Å². The Labute approximate surface area is 188 Å². The number of pyridine rings is 1. The van der Waals surface area contributed by atoms with Crippen molar-refractivity contribution in [1.82, 2.24) is 15.4 Å². The van der Waals surface area contributed by atoms with Gasteiger partial charge in [-0.25, -0.2) is 14.9 Å². The molecule has 1 fully saturated rings. The number of amides is 2. The lowest BCUT2D eigenvalue weighted by atomic mass is 10.00. The summed E-state index contributed by atoms with van der Waals surface area (Å²) in [4.78, 5) is 37.2. The molecule has 2 aromatic rings. The molecule has 0 saturated carbocycles. The van der Waals surface area contributed by atoms with E-state index in [-0.39, 0.29) is 23.6 Å². The summed E-state index contributed by atoms with van der Waals surface area (Å²) in [5.41, 5.74) is 3.99. The van der Waals surface area contributed by atoms with Crippen LogP contribution in [-0.4, -0.2) is 40.8 Å². The van der Waals surface area contributed by atoms with Crippen LogP contribution in [0.25, 0.3) is 0 Å². The van der Waals surface area contributed by atoms with Gasteiger partial charge in [-0.3, -0.25) is 14.4 Å². The van der Waals surface area contributed by atoms with Gasteiger partial charge >= 0.3 is 0 Å². The normalized spacial score (nSPS) is 16.7. The van der Waals surface area contributed by atoms with Crippen LogP contribution in [0.3, 0.4) is 0 Å². The number of hydroxylamine groups is 1. The molecule has 2 heterocycles. The van der Waals surface area contributed by atoms with Crippen molar-refractivity contribution in [2.45, 2.75) is 51.7 Å². The summed E-state index contributed by atoms with van der Waals surface area (Å²) in [6, 6.07) is 11.9. The standard InChI is InChI=1S/C24H31FN4O3/c1-2-3-10-19(15-27-32-17-18-8-5-4-6-9-18)24(31)29-14-7-11-21(29)23(30)28-22-13-12-20(25)16-26-22/h4-6,8-9,12-13,16,19,21,27H,2-3,7,10-11,14-15,17H2,1H3,(H,26,28,30)/t19-,21+/m1/s1. The van der Waals surface area contributed by atoms with Crippen LogP contribution < -0.4 is 10.8 Å². The first kappa shape index (κ1) is 23.8. The van der Waals surface area contributed by atoms with Gasteiger partial charge in [0, 0.05) is 13.1 Å². The molecule has 1 aliphatic rings. The second kappa shape index (κ2) is 12.3. The molecule has 1 aliphatic heterocycles. The SMILES string of the molecule is CCCC[C@H](CNOCc1ccccc1)C(=O)N1CCC[C@H]1C(=O)Nc1ccc(F)cn1. The Morgan fingerprint density at radius 1 is 1.25 bits per heavy atom. The third kappa shape index (κ3) is 6.83. The first-order chi connectivity index (χ1) is 15.6. The molecule has 2 atom stereocenters. The number of hydrogen-bond donors (Lipinski definition) is 2. The van der Waals surface area contributed by atoms with Gasteiger partial charge in [-0.2, -0.15) is 0 Å². The van der Waals surface area contributed by atoms with Gasteiger partial charge in [0.1, 0.15) is 17.7 Å². The number of rotatable bonds is 11. The minimum atomic E-state index is -0.552. The second-order valence-corrected chi connectivity index (χ2v) is 8.00. The molecule has 2 N–H and O–H groups in total. The molecule has 0 aliphatic carbocycles. The molecule has 0 spiro atoms. The Morgan fingerprint density at radius 2 is 2.06 bits per heavy atom. The zero-order valence-electron chi connectivity index (χ0n) is 18.4. The Morgan fingerprint density at radius 3 is 2.78 bits per heavy atom. The van der Waals surface area contributed by atoms with Crippen LogP contribution in [-0.2, 0) is 21.0 Å². The van der Waals surface area contributed by atoms with Gasteiger partial charge in [0.2, 0.25) is 11.8 Å². The van der Waals surface area contributed by atoms with Crippen molar-refractivity contribution in [3.05, 3.63) is 60.0 Å². The van der Waals surface area contributed by atoms with Crippen LogP contribution in [0.2, 0.25) is 0 Å². The van der Waals surface area contributed by atoms with Crippen LogP contribution in [0.4, 0.5) is 10.2 Å². The fraction of sp³-hybridized carbons (Fsp3) is 0.458. The number of nitrogens with zero attached hydrogens (tertiary/aromatic N) is 2. The summed E-state index contributed by atoms with van der Waals surface area (Å²) in [7, 11) is 0. The predicted octanol–water partition coefficient (Wildman–Crippen LogP) is 3.68. The molecule has 8 heteroatoms. The fourth-order valence-corrected chi connectivity index (χ4v) is 3.83. The van der Waals surface area contributed by atoms with Crippen LogP contribution >= 0.6 is 0 Å². The molecule has 32 heavy (non-hydrogen) atoms. The third-order valence-electron chi connectivity index (χ3n) is 5.59. The van der Waals surface area contributed by atoms with Crippen LogP contribution in [0, 0.1) is 11.7 Å². The number of halogens is 1. The van der Waals surface area contributed by atoms with E-state index in [2.05, 4.69) is 22.7 Å². The zero-order chi connectivity index (χ0) is 22.8. The lowest BCUT2D eigenvalue weighted by Gasteiger charge is -2.28. The average molecular weight is 443 g/mol. The smallest absolute Gasteiger partial charge is 0.248 e. The van der Waals surface area contributed by atoms with E-state index in [9.17, 15) is 14.0 Å². The lowest BCUT2D eigenvalue weighted by molar-refractivity contribution is -0.141. The van der Waals surface area contributed by atoms with Gasteiger partial charge < -0.3 is 10.2 Å². The Balaban J connectivity index is 1.56. The van der Waals surface area contributed by atoms with E-state index in [4.69, 9.17) is 4.84 Å². The van der Waals surface area contributed by atoms with Gasteiger partial charge in [-0.15, -0.1) is 0 Å². The number of aromatic nitrogens is 1. The number of likely N-dealkylation sites (tertiary alicyclic amines) is 1. The van der Waals surface area contributed by atoms with Crippen molar-refractivity contribution in [2.24, 2.45) is 5.92 Å². The maximum atomic E-state index is 13.3. The van der Waals surface area contributed by atoms with Crippen molar-refractivity contribution < 1.29 is 18.8 Å². The van der Waals surface area contributed by atoms with Crippen LogP contribution in [0.5, 0.6) is 0 Å². The summed E-state index contributed by atoms with van der Waals surface area (Å²) in [5, 5.41) is 2.70. The van der Waals surface area contributed by atoms with Gasteiger partial charge in [-0.05, 0) is 37.0 Å². The first-order valence-corrected chi connectivity index (χ1v) is 11.2. The Kier molecular flexibility index (Phi) is 9.13. The molecule has 0 unspecified atom stereocenters. The third-order valence-corrected chi connectivity index (χ3v) is 5.59. The highest BCUT2D eigenvalue weighted by Crippen LogP contribution is 2.23. The number of anilines is 1. The molecule has 2 amide bonds. The van der Waals surface area contributed by atoms with E-state index in [1.165, 1.54) is 12.1 Å². The molecule has 172 valence electrons. The molecular weight excluding hydrogens is 411 g/mol. The predicted molar refractivity (Wildman–Crippen MR) is 120 cm³/mol. The number of hydrogen-bond acceptors (Lipinski definition) is 5. The van der Waals surface area contributed by atoms with E-state index < -0.39 is 11.9 Å². The molecule has 3 rings (SSSR count).